The average Bonchev–Trinajstić information content (AvgIpc) is 3.41. The van der Waals surface area contributed by atoms with E-state index >= 15 is 0 Å². The van der Waals surface area contributed by atoms with E-state index in [1.807, 2.05) is 31.2 Å². The smallest absolute Gasteiger partial charge is 0.271 e. The Kier molecular flexibility index (Phi) is 4.24. The number of hydrogen-bond acceptors (Lipinski definition) is 5. The number of amides is 1. The molecule has 2 aromatic heterocycles. The average molecular weight is 369 g/mol. The van der Waals surface area contributed by atoms with Crippen molar-refractivity contribution in [3.8, 4) is 5.75 Å². The van der Waals surface area contributed by atoms with Gasteiger partial charge in [-0.15, -0.1) is 11.3 Å². The number of ether oxygens (including phenoxy) is 1. The van der Waals surface area contributed by atoms with Gasteiger partial charge in [-0.05, 0) is 43.4 Å². The molecule has 1 amide bonds. The van der Waals surface area contributed by atoms with E-state index in [0.29, 0.717) is 10.9 Å². The molecule has 7 heteroatoms. The van der Waals surface area contributed by atoms with E-state index in [4.69, 9.17) is 4.74 Å². The molecule has 0 radical (unpaired) electrons. The molecule has 1 aliphatic carbocycles. The monoisotopic (exact) mass is 369 g/mol. The highest BCUT2D eigenvalue weighted by molar-refractivity contribution is 7.16. The van der Waals surface area contributed by atoms with Crippen molar-refractivity contribution in [1.29, 1.82) is 0 Å². The van der Waals surface area contributed by atoms with Crippen LogP contribution in [0.2, 0.25) is 0 Å². The van der Waals surface area contributed by atoms with Crippen LogP contribution < -0.4 is 15.6 Å². The lowest BCUT2D eigenvalue weighted by Crippen LogP contribution is -2.34. The van der Waals surface area contributed by atoms with Gasteiger partial charge in [-0.25, -0.2) is 4.98 Å². The number of benzene rings is 1. The lowest BCUT2D eigenvalue weighted by Gasteiger charge is -2.19. The predicted octanol–water partition coefficient (Wildman–Crippen LogP) is 2.95. The normalized spacial score (nSPS) is 15.0. The van der Waals surface area contributed by atoms with Crippen molar-refractivity contribution < 1.29 is 9.53 Å². The van der Waals surface area contributed by atoms with Crippen LogP contribution in [-0.4, -0.2) is 22.4 Å². The Morgan fingerprint density at radius 3 is 2.73 bits per heavy atom. The highest BCUT2D eigenvalue weighted by atomic mass is 32.1. The van der Waals surface area contributed by atoms with Gasteiger partial charge in [0.1, 0.15) is 11.3 Å². The maximum atomic E-state index is 12.8. The third kappa shape index (κ3) is 3.10. The summed E-state index contributed by atoms with van der Waals surface area (Å²) in [4.78, 5) is 31.2. The van der Waals surface area contributed by atoms with E-state index in [1.165, 1.54) is 21.9 Å². The number of fused-ring (bicyclic) bond motifs is 1. The highest BCUT2D eigenvalue weighted by Gasteiger charge is 2.34. The molecular weight excluding hydrogens is 350 g/mol. The molecule has 1 atom stereocenters. The summed E-state index contributed by atoms with van der Waals surface area (Å²) in [6.45, 7) is 1.91. The molecule has 1 fully saturated rings. The molecule has 0 aliphatic heterocycles. The van der Waals surface area contributed by atoms with E-state index in [1.54, 1.807) is 13.3 Å². The van der Waals surface area contributed by atoms with Crippen LogP contribution in [0.3, 0.4) is 0 Å². The summed E-state index contributed by atoms with van der Waals surface area (Å²) in [5.41, 5.74) is 0.753. The summed E-state index contributed by atoms with van der Waals surface area (Å²) in [6, 6.07) is 7.57. The van der Waals surface area contributed by atoms with E-state index in [0.717, 1.165) is 29.0 Å². The molecule has 3 aromatic rings. The first-order valence-electron chi connectivity index (χ1n) is 8.49. The van der Waals surface area contributed by atoms with Crippen LogP contribution in [0.4, 0.5) is 0 Å². The summed E-state index contributed by atoms with van der Waals surface area (Å²) in [7, 11) is 1.62. The van der Waals surface area contributed by atoms with E-state index in [9.17, 15) is 9.59 Å². The van der Waals surface area contributed by atoms with Gasteiger partial charge in [-0.2, -0.15) is 0 Å². The van der Waals surface area contributed by atoms with Gasteiger partial charge in [0.2, 0.25) is 0 Å². The Bertz CT molecular complexity index is 1020. The first kappa shape index (κ1) is 16.8. The number of nitrogens with one attached hydrogen (secondary N) is 1. The lowest BCUT2D eigenvalue weighted by molar-refractivity contribution is 0.0929. The van der Waals surface area contributed by atoms with Crippen LogP contribution in [0.25, 0.3) is 4.96 Å². The van der Waals surface area contributed by atoms with Crippen LogP contribution in [-0.2, 0) is 0 Å². The second kappa shape index (κ2) is 6.57. The molecule has 4 rings (SSSR count). The van der Waals surface area contributed by atoms with Crippen LogP contribution in [0, 0.1) is 12.8 Å². The Balaban J connectivity index is 1.62. The van der Waals surface area contributed by atoms with Gasteiger partial charge in [0.25, 0.3) is 11.5 Å². The summed E-state index contributed by atoms with van der Waals surface area (Å²) >= 11 is 1.42. The van der Waals surface area contributed by atoms with Crippen molar-refractivity contribution >= 4 is 22.2 Å². The maximum Gasteiger partial charge on any atom is 0.271 e. The largest absolute Gasteiger partial charge is 0.497 e. The number of nitrogens with zero attached hydrogens (tertiary/aromatic N) is 2. The van der Waals surface area contributed by atoms with Crippen LogP contribution in [0.15, 0.2) is 41.5 Å². The van der Waals surface area contributed by atoms with Gasteiger partial charge in [0.05, 0.1) is 13.2 Å². The zero-order valence-electron chi connectivity index (χ0n) is 14.6. The molecule has 0 saturated heterocycles. The number of hydrogen-bond donors (Lipinski definition) is 1. The van der Waals surface area contributed by atoms with Crippen molar-refractivity contribution in [3.63, 3.8) is 0 Å². The summed E-state index contributed by atoms with van der Waals surface area (Å²) < 4.78 is 6.63. The topological polar surface area (TPSA) is 72.7 Å². The van der Waals surface area contributed by atoms with Gasteiger partial charge in [-0.3, -0.25) is 14.0 Å². The second-order valence-electron chi connectivity index (χ2n) is 6.53. The fourth-order valence-corrected chi connectivity index (χ4v) is 3.87. The number of aromatic nitrogens is 2. The predicted molar refractivity (Wildman–Crippen MR) is 100 cm³/mol. The number of carbonyl (C=O) groups excluding carboxylic acids is 1. The van der Waals surface area contributed by atoms with Gasteiger partial charge in [0.15, 0.2) is 4.96 Å². The van der Waals surface area contributed by atoms with Gasteiger partial charge in [0, 0.05) is 17.3 Å². The van der Waals surface area contributed by atoms with E-state index < -0.39 is 0 Å². The highest BCUT2D eigenvalue weighted by Crippen LogP contribution is 2.41. The van der Waals surface area contributed by atoms with Crippen molar-refractivity contribution in [2.45, 2.75) is 25.8 Å². The minimum absolute atomic E-state index is 0.0689. The molecule has 2 heterocycles. The maximum absolute atomic E-state index is 12.8. The van der Waals surface area contributed by atoms with E-state index in [2.05, 4.69) is 10.3 Å². The Morgan fingerprint density at radius 1 is 1.35 bits per heavy atom. The number of aryl methyl sites for hydroxylation is 1. The Labute approximate surface area is 154 Å². The first-order valence-corrected chi connectivity index (χ1v) is 9.31. The van der Waals surface area contributed by atoms with Crippen LogP contribution >= 0.6 is 11.3 Å². The van der Waals surface area contributed by atoms with Crippen molar-refractivity contribution in [2.75, 3.05) is 7.11 Å². The molecule has 1 saturated carbocycles. The van der Waals surface area contributed by atoms with Gasteiger partial charge < -0.3 is 10.1 Å². The second-order valence-corrected chi connectivity index (χ2v) is 7.75. The first-order chi connectivity index (χ1) is 12.6. The number of thiazole rings is 1. The molecule has 26 heavy (non-hydrogen) atoms. The molecule has 1 aromatic carbocycles. The Hall–Kier alpha value is -2.67. The molecule has 1 aliphatic rings. The van der Waals surface area contributed by atoms with E-state index in [-0.39, 0.29) is 23.1 Å². The quantitative estimate of drug-likeness (QED) is 0.750. The molecular formula is C19H19N3O3S. The number of methoxy groups -OCH3 is 1. The molecule has 0 bridgehead atoms. The SMILES string of the molecule is COc1ccc([C@H](NC(=O)c2cnc3sc(C)cn3c2=O)C2CC2)cc1. The lowest BCUT2D eigenvalue weighted by atomic mass is 10.0. The van der Waals surface area contributed by atoms with Gasteiger partial charge in [-0.1, -0.05) is 12.1 Å². The summed E-state index contributed by atoms with van der Waals surface area (Å²) in [5, 5.41) is 3.03. The molecule has 0 unspecified atom stereocenters. The van der Waals surface area contributed by atoms with Crippen molar-refractivity contribution in [3.05, 3.63) is 63.0 Å². The molecule has 1 N–H and O–H groups in total. The molecule has 134 valence electrons. The minimum atomic E-state index is -0.381. The fraction of sp³-hybridized carbons (Fsp3) is 0.316. The Morgan fingerprint density at radius 2 is 2.08 bits per heavy atom. The summed E-state index contributed by atoms with van der Waals surface area (Å²) in [6.07, 6.45) is 5.23. The number of carbonyl (C=O) groups is 1. The zero-order valence-corrected chi connectivity index (χ0v) is 15.4. The summed E-state index contributed by atoms with van der Waals surface area (Å²) in [5.74, 6) is 0.791. The molecule has 6 nitrogen and oxygen atoms in total. The fourth-order valence-electron chi connectivity index (χ4n) is 3.08. The third-order valence-electron chi connectivity index (χ3n) is 4.62. The number of rotatable bonds is 5. The standard InChI is InChI=1S/C19H19N3O3S/c1-11-10-22-18(24)15(9-20-19(22)26-11)17(23)21-16(12-3-4-12)13-5-7-14(25-2)8-6-13/h5-10,12,16H,3-4H2,1-2H3,(H,21,23)/t16-/m1/s1. The van der Waals surface area contributed by atoms with Crippen LogP contribution in [0.5, 0.6) is 5.75 Å². The third-order valence-corrected chi connectivity index (χ3v) is 5.53. The molecule has 0 spiro atoms. The minimum Gasteiger partial charge on any atom is -0.497 e. The van der Waals surface area contributed by atoms with Crippen molar-refractivity contribution in [2.24, 2.45) is 5.92 Å². The van der Waals surface area contributed by atoms with Crippen LogP contribution in [0.1, 0.15) is 39.7 Å². The van der Waals surface area contributed by atoms with Gasteiger partial charge >= 0.3 is 0 Å². The zero-order chi connectivity index (χ0) is 18.3. The van der Waals surface area contributed by atoms with Crippen molar-refractivity contribution in [1.82, 2.24) is 14.7 Å².